The molecule has 4 rings (SSSR count). The van der Waals surface area contributed by atoms with Gasteiger partial charge in [-0.1, -0.05) is 20.8 Å². The molecule has 4 aliphatic rings. The summed E-state index contributed by atoms with van der Waals surface area (Å²) in [6.45, 7) is 12.2. The molecule has 4 aliphatic carbocycles. The highest BCUT2D eigenvalue weighted by Crippen LogP contribution is 2.68. The summed E-state index contributed by atoms with van der Waals surface area (Å²) in [5.41, 5.74) is 6.64. The van der Waals surface area contributed by atoms with Gasteiger partial charge in [-0.15, -0.1) is 0 Å². The van der Waals surface area contributed by atoms with Gasteiger partial charge >= 0.3 is 0 Å². The number of aliphatic hydroxyl groups is 1. The van der Waals surface area contributed by atoms with Gasteiger partial charge in [-0.3, -0.25) is 0 Å². The Morgan fingerprint density at radius 3 is 2.42 bits per heavy atom. The molecule has 192 valence electrons. The van der Waals surface area contributed by atoms with Crippen molar-refractivity contribution in [3.05, 3.63) is 0 Å². The van der Waals surface area contributed by atoms with Crippen LogP contribution in [0.4, 0.5) is 0 Å². The molecule has 33 heavy (non-hydrogen) atoms. The Labute approximate surface area is 204 Å². The average Bonchev–Trinajstić information content (AvgIpc) is 3.17. The van der Waals surface area contributed by atoms with E-state index >= 15 is 0 Å². The summed E-state index contributed by atoms with van der Waals surface area (Å²) in [4.78, 5) is 0. The van der Waals surface area contributed by atoms with Crippen molar-refractivity contribution in [2.45, 2.75) is 104 Å². The van der Waals surface area contributed by atoms with Crippen LogP contribution in [-0.2, 0) is 0 Å². The fourth-order valence-corrected chi connectivity index (χ4v) is 9.58. The van der Waals surface area contributed by atoms with Crippen molar-refractivity contribution >= 4 is 0 Å². The number of hydrogen-bond donors (Lipinski definition) is 4. The lowest BCUT2D eigenvalue weighted by atomic mass is 9.44. The Hall–Kier alpha value is -0.160. The minimum atomic E-state index is 0.375. The Kier molecular flexibility index (Phi) is 8.85. The molecule has 0 aromatic carbocycles. The average molecular weight is 462 g/mol. The lowest BCUT2D eigenvalue weighted by Gasteiger charge is -2.61. The second kappa shape index (κ2) is 11.3. The quantitative estimate of drug-likeness (QED) is 0.329. The van der Waals surface area contributed by atoms with E-state index in [2.05, 4.69) is 31.4 Å². The number of aliphatic hydroxyl groups excluding tert-OH is 1. The van der Waals surface area contributed by atoms with Crippen molar-refractivity contribution < 1.29 is 5.11 Å². The van der Waals surface area contributed by atoms with Gasteiger partial charge in [0.25, 0.3) is 0 Å². The maximum absolute atomic E-state index is 9.87. The summed E-state index contributed by atoms with van der Waals surface area (Å²) in [6, 6.07) is 0.743. The van der Waals surface area contributed by atoms with Gasteiger partial charge in [0.15, 0.2) is 0 Å². The first-order valence-electron chi connectivity index (χ1n) is 14.7. The van der Waals surface area contributed by atoms with E-state index in [4.69, 9.17) is 5.73 Å². The molecule has 4 fully saturated rings. The molecule has 9 atom stereocenters. The third kappa shape index (κ3) is 5.20. The SMILES string of the molecule is C[C@H](CO)[C@H]1CC[C@H]2[C@@H]3CC[C@@H]4C[C@H](NCCCNCCCCN)CC[C@]4(C)[C@H]3CC[C@]12C. The fraction of sp³-hybridized carbons (Fsp3) is 1.00. The van der Waals surface area contributed by atoms with Crippen LogP contribution in [0.5, 0.6) is 0 Å². The molecule has 0 saturated heterocycles. The van der Waals surface area contributed by atoms with Crippen LogP contribution in [0.25, 0.3) is 0 Å². The van der Waals surface area contributed by atoms with Crippen LogP contribution in [0.3, 0.4) is 0 Å². The van der Waals surface area contributed by atoms with Crippen LogP contribution in [0.15, 0.2) is 0 Å². The summed E-state index contributed by atoms with van der Waals surface area (Å²) in [7, 11) is 0. The molecule has 0 bridgehead atoms. The second-order valence-corrected chi connectivity index (χ2v) is 13.1. The maximum atomic E-state index is 9.87. The van der Waals surface area contributed by atoms with Gasteiger partial charge < -0.3 is 21.5 Å². The highest BCUT2D eigenvalue weighted by Gasteiger charge is 2.60. The fourth-order valence-electron chi connectivity index (χ4n) is 9.58. The number of nitrogens with two attached hydrogens (primary N) is 1. The van der Waals surface area contributed by atoms with Gasteiger partial charge in [0.05, 0.1) is 0 Å². The predicted octanol–water partition coefficient (Wildman–Crippen LogP) is 4.95. The van der Waals surface area contributed by atoms with Crippen molar-refractivity contribution in [1.29, 1.82) is 0 Å². The molecule has 0 aromatic heterocycles. The molecule has 0 spiro atoms. The molecule has 0 amide bonds. The van der Waals surface area contributed by atoms with E-state index in [0.29, 0.717) is 23.4 Å². The van der Waals surface area contributed by atoms with Crippen molar-refractivity contribution in [3.8, 4) is 0 Å². The number of fused-ring (bicyclic) bond motifs is 5. The topological polar surface area (TPSA) is 70.3 Å². The normalized spacial score (nSPS) is 43.5. The summed E-state index contributed by atoms with van der Waals surface area (Å²) < 4.78 is 0. The predicted molar refractivity (Wildman–Crippen MR) is 139 cm³/mol. The lowest BCUT2D eigenvalue weighted by Crippen LogP contribution is -2.55. The molecule has 4 heteroatoms. The van der Waals surface area contributed by atoms with E-state index in [1.54, 1.807) is 0 Å². The third-order valence-corrected chi connectivity index (χ3v) is 11.5. The molecule has 0 aliphatic heterocycles. The summed E-state index contributed by atoms with van der Waals surface area (Å²) in [5.74, 6) is 4.98. The van der Waals surface area contributed by atoms with Gasteiger partial charge in [0, 0.05) is 12.6 Å². The monoisotopic (exact) mass is 461 g/mol. The summed E-state index contributed by atoms with van der Waals surface area (Å²) >= 11 is 0. The van der Waals surface area contributed by atoms with Crippen LogP contribution in [0.2, 0.25) is 0 Å². The summed E-state index contributed by atoms with van der Waals surface area (Å²) in [5, 5.41) is 17.4. The first-order chi connectivity index (χ1) is 15.9. The van der Waals surface area contributed by atoms with Crippen LogP contribution in [-0.4, -0.2) is 43.9 Å². The smallest absolute Gasteiger partial charge is 0.0459 e. The zero-order chi connectivity index (χ0) is 23.5. The zero-order valence-corrected chi connectivity index (χ0v) is 22.1. The Morgan fingerprint density at radius 2 is 1.64 bits per heavy atom. The minimum absolute atomic E-state index is 0.375. The molecule has 5 N–H and O–H groups in total. The molecular formula is C29H55N3O. The highest BCUT2D eigenvalue weighted by atomic mass is 16.3. The van der Waals surface area contributed by atoms with Gasteiger partial charge in [0.1, 0.15) is 0 Å². The molecule has 0 radical (unpaired) electrons. The van der Waals surface area contributed by atoms with E-state index in [9.17, 15) is 5.11 Å². The first kappa shape index (κ1) is 25.9. The standard InChI is InChI=1S/C29H55N3O/c1-21(20-33)25-9-10-26-24-8-7-22-19-23(32-18-6-17-31-16-5-4-15-30)11-13-28(22,2)27(24)12-14-29(25,26)3/h21-27,31-33H,4-20,30H2,1-3H3/t21-,22-,23-,24+,25-,26+,27+,28+,29-/m1/s1. The van der Waals surface area contributed by atoms with E-state index in [1.165, 1.54) is 70.6 Å². The first-order valence-corrected chi connectivity index (χ1v) is 14.7. The van der Waals surface area contributed by atoms with E-state index in [0.717, 1.165) is 68.2 Å². The maximum Gasteiger partial charge on any atom is 0.0459 e. The largest absolute Gasteiger partial charge is 0.396 e. The molecule has 0 aromatic rings. The molecule has 0 unspecified atom stereocenters. The van der Waals surface area contributed by atoms with Crippen LogP contribution >= 0.6 is 0 Å². The van der Waals surface area contributed by atoms with Crippen LogP contribution in [0, 0.1) is 46.3 Å². The van der Waals surface area contributed by atoms with Gasteiger partial charge in [-0.05, 0) is 150 Å². The Bertz CT molecular complexity index is 614. The van der Waals surface area contributed by atoms with E-state index in [1.807, 2.05) is 0 Å². The molecule has 4 saturated carbocycles. The minimum Gasteiger partial charge on any atom is -0.396 e. The van der Waals surface area contributed by atoms with Gasteiger partial charge in [0.2, 0.25) is 0 Å². The molecule has 4 nitrogen and oxygen atoms in total. The van der Waals surface area contributed by atoms with Crippen molar-refractivity contribution in [3.63, 3.8) is 0 Å². The number of unbranched alkanes of at least 4 members (excludes halogenated alkanes) is 1. The Morgan fingerprint density at radius 1 is 0.879 bits per heavy atom. The lowest BCUT2D eigenvalue weighted by molar-refractivity contribution is -0.118. The Balaban J connectivity index is 1.27. The highest BCUT2D eigenvalue weighted by molar-refractivity contribution is 5.10. The van der Waals surface area contributed by atoms with Crippen LogP contribution in [0.1, 0.15) is 97.8 Å². The summed E-state index contributed by atoms with van der Waals surface area (Å²) in [6.07, 6.45) is 16.4. The third-order valence-electron chi connectivity index (χ3n) is 11.5. The zero-order valence-electron chi connectivity index (χ0n) is 22.1. The molecule has 0 heterocycles. The molecular weight excluding hydrogens is 406 g/mol. The van der Waals surface area contributed by atoms with Crippen molar-refractivity contribution in [2.24, 2.45) is 52.1 Å². The van der Waals surface area contributed by atoms with Crippen molar-refractivity contribution in [1.82, 2.24) is 10.6 Å². The number of rotatable bonds is 11. The van der Waals surface area contributed by atoms with Crippen molar-refractivity contribution in [2.75, 3.05) is 32.8 Å². The van der Waals surface area contributed by atoms with E-state index in [-0.39, 0.29) is 0 Å². The van der Waals surface area contributed by atoms with Gasteiger partial charge in [-0.2, -0.15) is 0 Å². The van der Waals surface area contributed by atoms with Gasteiger partial charge in [-0.25, -0.2) is 0 Å². The number of nitrogens with one attached hydrogen (secondary N) is 2. The van der Waals surface area contributed by atoms with E-state index < -0.39 is 0 Å². The second-order valence-electron chi connectivity index (χ2n) is 13.1. The number of hydrogen-bond acceptors (Lipinski definition) is 4. The van der Waals surface area contributed by atoms with Crippen LogP contribution < -0.4 is 16.4 Å².